The molecule has 1 aliphatic carbocycles. The van der Waals surface area contributed by atoms with E-state index in [0.29, 0.717) is 6.54 Å². The monoisotopic (exact) mass is 241 g/mol. The van der Waals surface area contributed by atoms with Crippen LogP contribution in [0.4, 0.5) is 0 Å². The molecule has 0 radical (unpaired) electrons. The minimum Gasteiger partial charge on any atom is -0.354 e. The Morgan fingerprint density at radius 3 is 2.47 bits per heavy atom. The van der Waals surface area contributed by atoms with E-state index in [1.165, 1.54) is 0 Å². The fourth-order valence-electron chi connectivity index (χ4n) is 2.08. The SMILES string of the molecule is CN(C)C(C)(C)CNC(=O)C1CCCCC1N. The number of carbonyl (C=O) groups is 1. The maximum atomic E-state index is 12.1. The zero-order valence-corrected chi connectivity index (χ0v) is 11.6. The van der Waals surface area contributed by atoms with Crippen LogP contribution in [0.1, 0.15) is 39.5 Å². The Kier molecular flexibility index (Phi) is 4.95. The van der Waals surface area contributed by atoms with E-state index >= 15 is 0 Å². The molecule has 2 atom stereocenters. The highest BCUT2D eigenvalue weighted by Crippen LogP contribution is 2.23. The van der Waals surface area contributed by atoms with E-state index < -0.39 is 0 Å². The van der Waals surface area contributed by atoms with Gasteiger partial charge in [0.15, 0.2) is 0 Å². The third-order valence-electron chi connectivity index (χ3n) is 4.06. The first kappa shape index (κ1) is 14.5. The summed E-state index contributed by atoms with van der Waals surface area (Å²) in [5.74, 6) is 0.147. The molecular formula is C13H27N3O. The number of nitrogens with one attached hydrogen (secondary N) is 1. The number of hydrogen-bond acceptors (Lipinski definition) is 3. The number of carbonyl (C=O) groups excluding carboxylic acids is 1. The van der Waals surface area contributed by atoms with Gasteiger partial charge in [-0.25, -0.2) is 0 Å². The molecule has 0 aromatic carbocycles. The zero-order chi connectivity index (χ0) is 13.1. The second kappa shape index (κ2) is 5.83. The largest absolute Gasteiger partial charge is 0.354 e. The normalized spacial score (nSPS) is 26.0. The summed E-state index contributed by atoms with van der Waals surface area (Å²) in [5.41, 5.74) is 5.99. The molecule has 0 aliphatic heterocycles. The molecule has 1 saturated carbocycles. The lowest BCUT2D eigenvalue weighted by Crippen LogP contribution is -2.51. The second-order valence-electron chi connectivity index (χ2n) is 5.98. The molecule has 0 bridgehead atoms. The first-order valence-electron chi connectivity index (χ1n) is 6.55. The van der Waals surface area contributed by atoms with Crippen LogP contribution in [0.25, 0.3) is 0 Å². The first-order valence-corrected chi connectivity index (χ1v) is 6.55. The van der Waals surface area contributed by atoms with Crippen molar-refractivity contribution in [3.8, 4) is 0 Å². The van der Waals surface area contributed by atoms with Crippen LogP contribution in [-0.4, -0.2) is 43.0 Å². The third kappa shape index (κ3) is 3.96. The van der Waals surface area contributed by atoms with Crippen LogP contribution in [0.5, 0.6) is 0 Å². The van der Waals surface area contributed by atoms with Gasteiger partial charge in [-0.05, 0) is 40.8 Å². The predicted molar refractivity (Wildman–Crippen MR) is 70.7 cm³/mol. The highest BCUT2D eigenvalue weighted by Gasteiger charge is 2.29. The summed E-state index contributed by atoms with van der Waals surface area (Å²) in [7, 11) is 4.05. The molecule has 4 heteroatoms. The first-order chi connectivity index (χ1) is 7.84. The Morgan fingerprint density at radius 2 is 1.94 bits per heavy atom. The maximum absolute atomic E-state index is 12.1. The molecule has 1 aliphatic rings. The lowest BCUT2D eigenvalue weighted by Gasteiger charge is -2.34. The summed E-state index contributed by atoms with van der Waals surface area (Å²) < 4.78 is 0. The number of nitrogens with two attached hydrogens (primary N) is 1. The van der Waals surface area contributed by atoms with E-state index in [1.807, 2.05) is 14.1 Å². The van der Waals surface area contributed by atoms with Gasteiger partial charge in [-0.3, -0.25) is 4.79 Å². The van der Waals surface area contributed by atoms with Crippen molar-refractivity contribution in [1.29, 1.82) is 0 Å². The van der Waals surface area contributed by atoms with Crippen molar-refractivity contribution in [3.63, 3.8) is 0 Å². The van der Waals surface area contributed by atoms with E-state index in [0.717, 1.165) is 25.7 Å². The lowest BCUT2D eigenvalue weighted by molar-refractivity contribution is -0.126. The van der Waals surface area contributed by atoms with Crippen molar-refractivity contribution in [3.05, 3.63) is 0 Å². The Balaban J connectivity index is 2.44. The van der Waals surface area contributed by atoms with Gasteiger partial charge in [-0.15, -0.1) is 0 Å². The topological polar surface area (TPSA) is 58.4 Å². The number of hydrogen-bond donors (Lipinski definition) is 2. The minimum atomic E-state index is -0.0194. The van der Waals surface area contributed by atoms with E-state index in [1.54, 1.807) is 0 Å². The Hall–Kier alpha value is -0.610. The highest BCUT2D eigenvalue weighted by atomic mass is 16.1. The molecule has 3 N–H and O–H groups in total. The Bertz CT molecular complexity index is 263. The lowest BCUT2D eigenvalue weighted by atomic mass is 9.84. The quantitative estimate of drug-likeness (QED) is 0.771. The van der Waals surface area contributed by atoms with Gasteiger partial charge in [-0.2, -0.15) is 0 Å². The average Bonchev–Trinajstić information content (AvgIpc) is 2.26. The summed E-state index contributed by atoms with van der Waals surface area (Å²) >= 11 is 0. The standard InChI is InChI=1S/C13H27N3O/c1-13(2,16(3)4)9-15-12(17)10-7-5-6-8-11(10)14/h10-11H,5-9,14H2,1-4H3,(H,15,17). The molecular weight excluding hydrogens is 214 g/mol. The summed E-state index contributed by atoms with van der Waals surface area (Å²) in [6, 6.07) is 0.0474. The number of amides is 1. The van der Waals surface area contributed by atoms with Gasteiger partial charge >= 0.3 is 0 Å². The van der Waals surface area contributed by atoms with E-state index in [2.05, 4.69) is 24.1 Å². The van der Waals surface area contributed by atoms with E-state index in [4.69, 9.17) is 5.73 Å². The molecule has 0 heterocycles. The Morgan fingerprint density at radius 1 is 1.35 bits per heavy atom. The van der Waals surface area contributed by atoms with Crippen molar-refractivity contribution in [1.82, 2.24) is 10.2 Å². The fourth-order valence-corrected chi connectivity index (χ4v) is 2.08. The second-order valence-corrected chi connectivity index (χ2v) is 5.98. The van der Waals surface area contributed by atoms with Crippen molar-refractivity contribution >= 4 is 5.91 Å². The van der Waals surface area contributed by atoms with Crippen molar-refractivity contribution in [2.75, 3.05) is 20.6 Å². The van der Waals surface area contributed by atoms with Gasteiger partial charge in [0, 0.05) is 18.1 Å². The smallest absolute Gasteiger partial charge is 0.224 e. The molecule has 1 rings (SSSR count). The van der Waals surface area contributed by atoms with Crippen molar-refractivity contribution in [2.24, 2.45) is 11.7 Å². The van der Waals surface area contributed by atoms with Crippen LogP contribution in [0, 0.1) is 5.92 Å². The average molecular weight is 241 g/mol. The van der Waals surface area contributed by atoms with Crippen LogP contribution in [0.15, 0.2) is 0 Å². The maximum Gasteiger partial charge on any atom is 0.224 e. The molecule has 0 saturated heterocycles. The predicted octanol–water partition coefficient (Wildman–Crippen LogP) is 0.960. The van der Waals surface area contributed by atoms with Crippen LogP contribution in [0.3, 0.4) is 0 Å². The molecule has 1 amide bonds. The molecule has 0 aromatic heterocycles. The minimum absolute atomic E-state index is 0.0155. The van der Waals surface area contributed by atoms with Crippen LogP contribution in [-0.2, 0) is 4.79 Å². The van der Waals surface area contributed by atoms with Gasteiger partial charge in [0.1, 0.15) is 0 Å². The molecule has 0 spiro atoms. The molecule has 1 fully saturated rings. The zero-order valence-electron chi connectivity index (χ0n) is 11.6. The van der Waals surface area contributed by atoms with Gasteiger partial charge < -0.3 is 16.0 Å². The van der Waals surface area contributed by atoms with Crippen molar-refractivity contribution < 1.29 is 4.79 Å². The van der Waals surface area contributed by atoms with Crippen LogP contribution < -0.4 is 11.1 Å². The summed E-state index contributed by atoms with van der Waals surface area (Å²) in [5, 5.41) is 3.04. The fraction of sp³-hybridized carbons (Fsp3) is 0.923. The summed E-state index contributed by atoms with van der Waals surface area (Å²) in [6.45, 7) is 4.91. The van der Waals surface area contributed by atoms with Crippen LogP contribution in [0.2, 0.25) is 0 Å². The van der Waals surface area contributed by atoms with Gasteiger partial charge in [0.25, 0.3) is 0 Å². The Labute approximate surface area is 105 Å². The van der Waals surface area contributed by atoms with Crippen LogP contribution >= 0.6 is 0 Å². The number of nitrogens with zero attached hydrogens (tertiary/aromatic N) is 1. The molecule has 4 nitrogen and oxygen atoms in total. The molecule has 17 heavy (non-hydrogen) atoms. The van der Waals surface area contributed by atoms with E-state index in [-0.39, 0.29) is 23.4 Å². The summed E-state index contributed by atoms with van der Waals surface area (Å²) in [4.78, 5) is 14.2. The van der Waals surface area contributed by atoms with Gasteiger partial charge in [0.2, 0.25) is 5.91 Å². The van der Waals surface area contributed by atoms with Gasteiger partial charge in [0.05, 0.1) is 5.92 Å². The molecule has 2 unspecified atom stereocenters. The van der Waals surface area contributed by atoms with Crippen molar-refractivity contribution in [2.45, 2.75) is 51.1 Å². The molecule has 0 aromatic rings. The number of rotatable bonds is 4. The highest BCUT2D eigenvalue weighted by molar-refractivity contribution is 5.79. The molecule has 100 valence electrons. The summed E-state index contributed by atoms with van der Waals surface area (Å²) in [6.07, 6.45) is 4.21. The third-order valence-corrected chi connectivity index (χ3v) is 4.06. The van der Waals surface area contributed by atoms with E-state index in [9.17, 15) is 4.79 Å². The number of likely N-dealkylation sites (N-methyl/N-ethyl adjacent to an activating group) is 1. The van der Waals surface area contributed by atoms with Gasteiger partial charge in [-0.1, -0.05) is 12.8 Å².